The standard InChI is InChI=1S/C22H27NO3/c24-15-22-18(11-12-19(22)25)13-14-23(22)20(16-7-3-1-4-8-16)21(26)17-9-5-2-6-10-17/h1-10,18-21,24-26H,11-15H2/t18-,19-,20-,21+,22+/m0/s1. The van der Waals surface area contributed by atoms with Crippen molar-refractivity contribution < 1.29 is 15.3 Å². The smallest absolute Gasteiger partial charge is 0.0987 e. The van der Waals surface area contributed by atoms with Crippen molar-refractivity contribution in [1.82, 2.24) is 4.90 Å². The molecule has 0 radical (unpaired) electrons. The monoisotopic (exact) mass is 353 g/mol. The number of fused-ring (bicyclic) bond motifs is 1. The van der Waals surface area contributed by atoms with E-state index in [0.29, 0.717) is 6.42 Å². The number of likely N-dealkylation sites (tertiary alicyclic amines) is 1. The molecule has 1 heterocycles. The van der Waals surface area contributed by atoms with Crippen molar-refractivity contribution in [2.24, 2.45) is 5.92 Å². The minimum Gasteiger partial charge on any atom is -0.394 e. The number of aliphatic hydroxyl groups excluding tert-OH is 3. The van der Waals surface area contributed by atoms with E-state index in [9.17, 15) is 15.3 Å². The van der Waals surface area contributed by atoms with Gasteiger partial charge >= 0.3 is 0 Å². The van der Waals surface area contributed by atoms with Crippen LogP contribution < -0.4 is 0 Å². The van der Waals surface area contributed by atoms with Crippen LogP contribution in [0.15, 0.2) is 60.7 Å². The first-order chi connectivity index (χ1) is 12.7. The number of hydrogen-bond acceptors (Lipinski definition) is 4. The fourth-order valence-corrected chi connectivity index (χ4v) is 5.19. The van der Waals surface area contributed by atoms with E-state index in [-0.39, 0.29) is 18.6 Å². The van der Waals surface area contributed by atoms with Crippen molar-refractivity contribution >= 4 is 0 Å². The number of hydrogen-bond donors (Lipinski definition) is 3. The van der Waals surface area contributed by atoms with Gasteiger partial charge in [-0.1, -0.05) is 60.7 Å². The molecule has 0 spiro atoms. The molecular weight excluding hydrogens is 326 g/mol. The van der Waals surface area contributed by atoms with Gasteiger partial charge in [-0.3, -0.25) is 4.90 Å². The van der Waals surface area contributed by atoms with Gasteiger partial charge in [0.2, 0.25) is 0 Å². The van der Waals surface area contributed by atoms with E-state index >= 15 is 0 Å². The van der Waals surface area contributed by atoms with Crippen molar-refractivity contribution in [2.75, 3.05) is 13.2 Å². The molecule has 0 amide bonds. The van der Waals surface area contributed by atoms with E-state index in [1.165, 1.54) is 0 Å². The molecule has 2 aromatic carbocycles. The summed E-state index contributed by atoms with van der Waals surface area (Å²) in [5.74, 6) is 0.275. The minimum absolute atomic E-state index is 0.0797. The molecule has 4 nitrogen and oxygen atoms in total. The maximum absolute atomic E-state index is 11.3. The molecular formula is C22H27NO3. The van der Waals surface area contributed by atoms with Crippen LogP contribution in [0.3, 0.4) is 0 Å². The Hall–Kier alpha value is -1.72. The summed E-state index contributed by atoms with van der Waals surface area (Å²) in [6.45, 7) is 0.690. The third kappa shape index (κ3) is 2.69. The predicted octanol–water partition coefficient (Wildman–Crippen LogP) is 2.67. The SMILES string of the molecule is OC[C@@]12[C@@H](CC[C@@H]1O)CCN2[C@@H](c1ccccc1)[C@H](O)c1ccccc1. The lowest BCUT2D eigenvalue weighted by molar-refractivity contribution is -0.0826. The molecule has 4 rings (SSSR count). The molecule has 5 atom stereocenters. The van der Waals surface area contributed by atoms with Gasteiger partial charge in [0.1, 0.15) is 0 Å². The maximum Gasteiger partial charge on any atom is 0.0987 e. The van der Waals surface area contributed by atoms with Crippen LogP contribution in [-0.4, -0.2) is 45.0 Å². The van der Waals surface area contributed by atoms with Crippen LogP contribution in [0, 0.1) is 5.92 Å². The molecule has 138 valence electrons. The third-order valence-electron chi connectivity index (χ3n) is 6.50. The fraction of sp³-hybridized carbons (Fsp3) is 0.455. The second-order valence-corrected chi connectivity index (χ2v) is 7.63. The summed E-state index contributed by atoms with van der Waals surface area (Å²) in [5.41, 5.74) is 1.21. The van der Waals surface area contributed by atoms with Crippen molar-refractivity contribution in [3.05, 3.63) is 71.8 Å². The highest BCUT2D eigenvalue weighted by Gasteiger charge is 2.59. The molecule has 0 unspecified atom stereocenters. The van der Waals surface area contributed by atoms with Gasteiger partial charge in [0.15, 0.2) is 0 Å². The summed E-state index contributed by atoms with van der Waals surface area (Å²) in [6, 6.07) is 19.3. The number of rotatable bonds is 5. The second-order valence-electron chi connectivity index (χ2n) is 7.63. The Morgan fingerprint density at radius 3 is 2.15 bits per heavy atom. The lowest BCUT2D eigenvalue weighted by Gasteiger charge is -2.46. The second kappa shape index (κ2) is 7.12. The van der Waals surface area contributed by atoms with Crippen LogP contribution in [0.25, 0.3) is 0 Å². The predicted molar refractivity (Wildman–Crippen MR) is 100 cm³/mol. The largest absolute Gasteiger partial charge is 0.394 e. The summed E-state index contributed by atoms with van der Waals surface area (Å²) in [6.07, 6.45) is 1.30. The van der Waals surface area contributed by atoms with E-state index in [4.69, 9.17) is 0 Å². The number of benzene rings is 2. The zero-order valence-electron chi connectivity index (χ0n) is 14.9. The minimum atomic E-state index is -0.728. The zero-order chi connectivity index (χ0) is 18.1. The first-order valence-corrected chi connectivity index (χ1v) is 9.52. The Kier molecular flexibility index (Phi) is 4.84. The third-order valence-corrected chi connectivity index (χ3v) is 6.50. The Balaban J connectivity index is 1.79. The Morgan fingerprint density at radius 2 is 1.54 bits per heavy atom. The Bertz CT molecular complexity index is 723. The average Bonchev–Trinajstić information content (AvgIpc) is 3.22. The van der Waals surface area contributed by atoms with Gasteiger partial charge in [-0.05, 0) is 42.9 Å². The highest BCUT2D eigenvalue weighted by atomic mass is 16.3. The lowest BCUT2D eigenvalue weighted by atomic mass is 9.84. The molecule has 2 aromatic rings. The fourth-order valence-electron chi connectivity index (χ4n) is 5.19. The van der Waals surface area contributed by atoms with E-state index in [1.54, 1.807) is 0 Å². The average molecular weight is 353 g/mol. The molecule has 2 fully saturated rings. The van der Waals surface area contributed by atoms with E-state index in [2.05, 4.69) is 4.90 Å². The summed E-state index contributed by atoms with van der Waals surface area (Å²) >= 11 is 0. The summed E-state index contributed by atoms with van der Waals surface area (Å²) in [4.78, 5) is 2.18. The molecule has 1 aliphatic heterocycles. The van der Waals surface area contributed by atoms with Gasteiger partial charge in [0, 0.05) is 0 Å². The lowest BCUT2D eigenvalue weighted by Crippen LogP contribution is -2.57. The van der Waals surface area contributed by atoms with Crippen LogP contribution in [-0.2, 0) is 0 Å². The summed E-state index contributed by atoms with van der Waals surface area (Å²) in [7, 11) is 0. The topological polar surface area (TPSA) is 63.9 Å². The first-order valence-electron chi connectivity index (χ1n) is 9.52. The molecule has 1 saturated carbocycles. The van der Waals surface area contributed by atoms with Crippen LogP contribution >= 0.6 is 0 Å². The highest BCUT2D eigenvalue weighted by molar-refractivity contribution is 5.28. The Morgan fingerprint density at radius 1 is 0.923 bits per heavy atom. The van der Waals surface area contributed by atoms with Gasteiger partial charge in [-0.25, -0.2) is 0 Å². The van der Waals surface area contributed by atoms with Crippen LogP contribution in [0.4, 0.5) is 0 Å². The molecule has 2 aliphatic rings. The van der Waals surface area contributed by atoms with Gasteiger partial charge in [0.05, 0.1) is 30.4 Å². The molecule has 3 N–H and O–H groups in total. The molecule has 0 bridgehead atoms. The summed E-state index contributed by atoms with van der Waals surface area (Å²) in [5, 5.41) is 32.4. The van der Waals surface area contributed by atoms with Gasteiger partial charge in [-0.15, -0.1) is 0 Å². The number of nitrogens with zero attached hydrogens (tertiary/aromatic N) is 1. The molecule has 0 aromatic heterocycles. The van der Waals surface area contributed by atoms with Gasteiger partial charge < -0.3 is 15.3 Å². The van der Waals surface area contributed by atoms with E-state index in [0.717, 1.165) is 30.5 Å². The van der Waals surface area contributed by atoms with Crippen molar-refractivity contribution in [1.29, 1.82) is 0 Å². The molecule has 26 heavy (non-hydrogen) atoms. The normalized spacial score (nSPS) is 30.9. The van der Waals surface area contributed by atoms with Crippen molar-refractivity contribution in [3.63, 3.8) is 0 Å². The molecule has 1 aliphatic carbocycles. The van der Waals surface area contributed by atoms with E-state index in [1.807, 2.05) is 60.7 Å². The van der Waals surface area contributed by atoms with Crippen LogP contribution in [0.2, 0.25) is 0 Å². The zero-order valence-corrected chi connectivity index (χ0v) is 14.9. The Labute approximate surface area is 154 Å². The highest BCUT2D eigenvalue weighted by Crippen LogP contribution is 2.52. The van der Waals surface area contributed by atoms with Crippen molar-refractivity contribution in [3.8, 4) is 0 Å². The summed E-state index contributed by atoms with van der Waals surface area (Å²) < 4.78 is 0. The van der Waals surface area contributed by atoms with Crippen LogP contribution in [0.1, 0.15) is 42.5 Å². The first kappa shape index (κ1) is 17.7. The molecule has 1 saturated heterocycles. The molecule has 4 heteroatoms. The van der Waals surface area contributed by atoms with Gasteiger partial charge in [-0.2, -0.15) is 0 Å². The number of aliphatic hydroxyl groups is 3. The van der Waals surface area contributed by atoms with Crippen molar-refractivity contribution in [2.45, 2.75) is 43.1 Å². The van der Waals surface area contributed by atoms with E-state index < -0.39 is 17.7 Å². The van der Waals surface area contributed by atoms with Crippen LogP contribution in [0.5, 0.6) is 0 Å². The quantitative estimate of drug-likeness (QED) is 0.773. The maximum atomic E-state index is 11.3. The van der Waals surface area contributed by atoms with Gasteiger partial charge in [0.25, 0.3) is 0 Å².